The monoisotopic (exact) mass is 350 g/mol. The molecule has 0 aliphatic carbocycles. The fraction of sp³-hybridized carbons (Fsp3) is 0.435. The molecule has 138 valence electrons. The number of nitrogens with one attached hydrogen (secondary N) is 1. The van der Waals surface area contributed by atoms with E-state index in [2.05, 4.69) is 43.4 Å². The summed E-state index contributed by atoms with van der Waals surface area (Å²) in [7, 11) is 0. The molecule has 0 saturated carbocycles. The van der Waals surface area contributed by atoms with Crippen LogP contribution in [0.3, 0.4) is 0 Å². The number of likely N-dealkylation sites (tertiary alicyclic amines) is 1. The molecule has 1 heterocycles. The maximum atomic E-state index is 13.1. The maximum absolute atomic E-state index is 13.1. The highest BCUT2D eigenvalue weighted by atomic mass is 16.2. The van der Waals surface area contributed by atoms with Crippen molar-refractivity contribution in [3.8, 4) is 0 Å². The van der Waals surface area contributed by atoms with Gasteiger partial charge in [-0.2, -0.15) is 0 Å². The number of rotatable bonds is 5. The van der Waals surface area contributed by atoms with Gasteiger partial charge in [-0.15, -0.1) is 0 Å². The Balaban J connectivity index is 1.77. The van der Waals surface area contributed by atoms with Crippen LogP contribution in [0, 0.1) is 11.8 Å². The first kappa shape index (κ1) is 18.7. The summed E-state index contributed by atoms with van der Waals surface area (Å²) in [5.74, 6) is 1.36. The lowest BCUT2D eigenvalue weighted by atomic mass is 9.91. The van der Waals surface area contributed by atoms with Crippen LogP contribution in [0.5, 0.6) is 0 Å². The van der Waals surface area contributed by atoms with Crippen molar-refractivity contribution in [1.82, 2.24) is 10.2 Å². The Labute approximate surface area is 157 Å². The molecule has 1 aliphatic heterocycles. The number of carbonyl (C=O) groups excluding carboxylic acids is 1. The van der Waals surface area contributed by atoms with Gasteiger partial charge in [0.05, 0.1) is 12.1 Å². The topological polar surface area (TPSA) is 32.3 Å². The summed E-state index contributed by atoms with van der Waals surface area (Å²) in [4.78, 5) is 15.1. The lowest BCUT2D eigenvalue weighted by Crippen LogP contribution is -2.50. The molecule has 0 spiro atoms. The third-order valence-electron chi connectivity index (χ3n) is 5.23. The highest BCUT2D eigenvalue weighted by Gasteiger charge is 2.29. The third kappa shape index (κ3) is 4.53. The number of benzene rings is 2. The molecule has 2 aromatic rings. The maximum Gasteiger partial charge on any atom is 0.239 e. The van der Waals surface area contributed by atoms with E-state index in [4.69, 9.17) is 0 Å². The summed E-state index contributed by atoms with van der Waals surface area (Å²) in [5, 5.41) is 3.59. The largest absolute Gasteiger partial charge is 0.341 e. The number of hydrogen-bond donors (Lipinski definition) is 1. The number of piperidine rings is 1. The van der Waals surface area contributed by atoms with Crippen LogP contribution < -0.4 is 5.32 Å². The van der Waals surface area contributed by atoms with Crippen molar-refractivity contribution < 1.29 is 4.79 Å². The van der Waals surface area contributed by atoms with E-state index in [0.717, 1.165) is 13.1 Å². The molecule has 3 atom stereocenters. The molecule has 1 aliphatic rings. The van der Waals surface area contributed by atoms with Crippen LogP contribution >= 0.6 is 0 Å². The minimum Gasteiger partial charge on any atom is -0.341 e. The summed E-state index contributed by atoms with van der Waals surface area (Å²) in [5.41, 5.74) is 2.36. The van der Waals surface area contributed by atoms with E-state index in [-0.39, 0.29) is 18.0 Å². The molecule has 0 radical (unpaired) electrons. The number of hydrogen-bond acceptors (Lipinski definition) is 2. The summed E-state index contributed by atoms with van der Waals surface area (Å²) < 4.78 is 0. The number of amides is 1. The van der Waals surface area contributed by atoms with Gasteiger partial charge in [-0.1, -0.05) is 74.5 Å². The van der Waals surface area contributed by atoms with Gasteiger partial charge in [-0.05, 0) is 36.3 Å². The van der Waals surface area contributed by atoms with E-state index in [1.165, 1.54) is 17.5 Å². The Bertz CT molecular complexity index is 651. The fourth-order valence-corrected chi connectivity index (χ4v) is 4.11. The Morgan fingerprint density at radius 2 is 1.38 bits per heavy atom. The fourth-order valence-electron chi connectivity index (χ4n) is 4.11. The number of nitrogens with zero attached hydrogens (tertiary/aromatic N) is 1. The van der Waals surface area contributed by atoms with Crippen molar-refractivity contribution in [2.75, 3.05) is 13.1 Å². The minimum atomic E-state index is -0.224. The summed E-state index contributed by atoms with van der Waals surface area (Å²) >= 11 is 0. The molecule has 3 rings (SSSR count). The highest BCUT2D eigenvalue weighted by molar-refractivity contribution is 5.81. The van der Waals surface area contributed by atoms with Gasteiger partial charge < -0.3 is 4.90 Å². The average Bonchev–Trinajstić information content (AvgIpc) is 2.66. The van der Waals surface area contributed by atoms with Crippen LogP contribution in [0.4, 0.5) is 0 Å². The molecular weight excluding hydrogens is 320 g/mol. The Morgan fingerprint density at radius 1 is 0.923 bits per heavy atom. The van der Waals surface area contributed by atoms with E-state index in [9.17, 15) is 4.79 Å². The number of carbonyl (C=O) groups is 1. The third-order valence-corrected chi connectivity index (χ3v) is 5.23. The van der Waals surface area contributed by atoms with E-state index >= 15 is 0 Å². The van der Waals surface area contributed by atoms with Crippen molar-refractivity contribution in [3.05, 3.63) is 71.8 Å². The van der Waals surface area contributed by atoms with Gasteiger partial charge in [0, 0.05) is 13.1 Å². The quantitative estimate of drug-likeness (QED) is 0.874. The molecule has 2 aromatic carbocycles. The van der Waals surface area contributed by atoms with E-state index in [1.54, 1.807) is 0 Å². The SMILES string of the molecule is C[C@@H]1C[C@@H](C)CN(C(=O)[C@H](C)NC(c2ccccc2)c2ccccc2)C1. The van der Waals surface area contributed by atoms with Gasteiger partial charge in [0.15, 0.2) is 0 Å². The predicted molar refractivity (Wildman–Crippen MR) is 107 cm³/mol. The molecule has 1 fully saturated rings. The van der Waals surface area contributed by atoms with Crippen LogP contribution in [0.15, 0.2) is 60.7 Å². The zero-order chi connectivity index (χ0) is 18.5. The normalized spacial score (nSPS) is 21.6. The van der Waals surface area contributed by atoms with Crippen LogP contribution in [0.25, 0.3) is 0 Å². The van der Waals surface area contributed by atoms with Crippen molar-refractivity contribution in [2.45, 2.75) is 39.3 Å². The Kier molecular flexibility index (Phi) is 6.10. The second-order valence-electron chi connectivity index (χ2n) is 7.83. The van der Waals surface area contributed by atoms with Gasteiger partial charge in [0.1, 0.15) is 0 Å². The Morgan fingerprint density at radius 3 is 1.85 bits per heavy atom. The standard InChI is InChI=1S/C23H30N2O/c1-17-14-18(2)16-25(15-17)23(26)19(3)24-22(20-10-6-4-7-11-20)21-12-8-5-9-13-21/h4-13,17-19,22,24H,14-16H2,1-3H3/t17-,18-,19+/m1/s1. The molecule has 0 unspecified atom stereocenters. The van der Waals surface area contributed by atoms with Crippen LogP contribution in [-0.2, 0) is 4.79 Å². The zero-order valence-corrected chi connectivity index (χ0v) is 16.1. The van der Waals surface area contributed by atoms with Crippen LogP contribution in [-0.4, -0.2) is 29.9 Å². The lowest BCUT2D eigenvalue weighted by molar-refractivity contribution is -0.135. The van der Waals surface area contributed by atoms with Crippen molar-refractivity contribution in [2.24, 2.45) is 11.8 Å². The van der Waals surface area contributed by atoms with Gasteiger partial charge in [-0.25, -0.2) is 0 Å². The summed E-state index contributed by atoms with van der Waals surface area (Å²) in [6.07, 6.45) is 1.21. The van der Waals surface area contributed by atoms with Crippen molar-refractivity contribution >= 4 is 5.91 Å². The molecule has 1 amide bonds. The van der Waals surface area contributed by atoms with Crippen LogP contribution in [0.1, 0.15) is 44.4 Å². The molecule has 1 N–H and O–H groups in total. The molecule has 3 heteroatoms. The summed E-state index contributed by atoms with van der Waals surface area (Å²) in [6, 6.07) is 20.5. The molecule has 1 saturated heterocycles. The predicted octanol–water partition coefficient (Wildman–Crippen LogP) is 4.26. The molecule has 0 bridgehead atoms. The molecule has 26 heavy (non-hydrogen) atoms. The van der Waals surface area contributed by atoms with Crippen molar-refractivity contribution in [1.29, 1.82) is 0 Å². The second-order valence-corrected chi connectivity index (χ2v) is 7.83. The van der Waals surface area contributed by atoms with Crippen molar-refractivity contribution in [3.63, 3.8) is 0 Å². The first-order chi connectivity index (χ1) is 12.5. The second kappa shape index (κ2) is 8.50. The minimum absolute atomic E-state index is 0.0102. The van der Waals surface area contributed by atoms with Gasteiger partial charge >= 0.3 is 0 Å². The van der Waals surface area contributed by atoms with E-state index in [1.807, 2.05) is 48.2 Å². The van der Waals surface area contributed by atoms with E-state index in [0.29, 0.717) is 11.8 Å². The Hall–Kier alpha value is -2.13. The van der Waals surface area contributed by atoms with Crippen LogP contribution in [0.2, 0.25) is 0 Å². The van der Waals surface area contributed by atoms with Gasteiger partial charge in [-0.3, -0.25) is 10.1 Å². The molecule has 3 nitrogen and oxygen atoms in total. The first-order valence-electron chi connectivity index (χ1n) is 9.69. The zero-order valence-electron chi connectivity index (χ0n) is 16.1. The smallest absolute Gasteiger partial charge is 0.239 e. The summed E-state index contributed by atoms with van der Waals surface area (Å²) in [6.45, 7) is 8.22. The lowest BCUT2D eigenvalue weighted by Gasteiger charge is -2.37. The highest BCUT2D eigenvalue weighted by Crippen LogP contribution is 2.24. The van der Waals surface area contributed by atoms with Gasteiger partial charge in [0.25, 0.3) is 0 Å². The first-order valence-corrected chi connectivity index (χ1v) is 9.69. The van der Waals surface area contributed by atoms with Gasteiger partial charge in [0.2, 0.25) is 5.91 Å². The van der Waals surface area contributed by atoms with E-state index < -0.39 is 0 Å². The molecular formula is C23H30N2O. The average molecular weight is 351 g/mol. The molecule has 0 aromatic heterocycles.